The van der Waals surface area contributed by atoms with Crippen molar-refractivity contribution in [2.75, 3.05) is 26.4 Å². The van der Waals surface area contributed by atoms with Gasteiger partial charge < -0.3 is 19.8 Å². The molecule has 2 N–H and O–H groups in total. The molecule has 158 valence electrons. The number of ether oxygens (including phenoxy) is 2. The van der Waals surface area contributed by atoms with Gasteiger partial charge in [-0.1, -0.05) is 34.6 Å². The number of benzene rings is 1. The summed E-state index contributed by atoms with van der Waals surface area (Å²) in [6, 6.07) is 9.93. The van der Waals surface area contributed by atoms with Crippen molar-refractivity contribution in [2.24, 2.45) is 5.92 Å². The highest BCUT2D eigenvalue weighted by atomic mass is 79.9. The molecule has 2 aromatic rings. The van der Waals surface area contributed by atoms with Crippen LogP contribution in [-0.4, -0.2) is 37.1 Å². The number of Topliss-reactive ketones (excluding diaryl/α,β-unsaturated/α-hetero) is 1. The minimum absolute atomic E-state index is 0.00218. The van der Waals surface area contributed by atoms with Gasteiger partial charge in [0.05, 0.1) is 23.9 Å². The lowest BCUT2D eigenvalue weighted by Crippen LogP contribution is -2.26. The second kappa shape index (κ2) is 9.23. The molecule has 6 heteroatoms. The van der Waals surface area contributed by atoms with Crippen LogP contribution >= 0.6 is 15.9 Å². The summed E-state index contributed by atoms with van der Waals surface area (Å²) in [7, 11) is 0. The van der Waals surface area contributed by atoms with Gasteiger partial charge in [-0.25, -0.2) is 0 Å². The number of H-pyrrole nitrogens is 1. The SMILES string of the molecule is C=C(NCC1CCOCC1)c1cc(C(=O)C2=C(C)OCC2c2ccc(Br)cc2)c[nH]1. The van der Waals surface area contributed by atoms with Crippen LogP contribution in [0, 0.1) is 5.92 Å². The number of allylic oxidation sites excluding steroid dienone is 1. The lowest BCUT2D eigenvalue weighted by molar-refractivity contribution is 0.0674. The maximum Gasteiger partial charge on any atom is 0.194 e. The van der Waals surface area contributed by atoms with Crippen molar-refractivity contribution in [3.63, 3.8) is 0 Å². The molecule has 1 aromatic carbocycles. The van der Waals surface area contributed by atoms with Crippen LogP contribution < -0.4 is 5.32 Å². The van der Waals surface area contributed by atoms with Crippen molar-refractivity contribution < 1.29 is 14.3 Å². The predicted molar refractivity (Wildman–Crippen MR) is 121 cm³/mol. The van der Waals surface area contributed by atoms with Crippen molar-refractivity contribution in [1.82, 2.24) is 10.3 Å². The number of carbonyl (C=O) groups excluding carboxylic acids is 1. The van der Waals surface area contributed by atoms with E-state index < -0.39 is 0 Å². The third-order valence-electron chi connectivity index (χ3n) is 5.93. The number of carbonyl (C=O) groups is 1. The van der Waals surface area contributed by atoms with Crippen LogP contribution in [0.1, 0.15) is 47.3 Å². The van der Waals surface area contributed by atoms with Crippen molar-refractivity contribution >= 4 is 27.4 Å². The summed E-state index contributed by atoms with van der Waals surface area (Å²) in [6.07, 6.45) is 3.90. The largest absolute Gasteiger partial charge is 0.497 e. The van der Waals surface area contributed by atoms with Gasteiger partial charge in [-0.05, 0) is 49.4 Å². The normalized spacial score (nSPS) is 19.6. The van der Waals surface area contributed by atoms with Crippen LogP contribution in [0.2, 0.25) is 0 Å². The lowest BCUT2D eigenvalue weighted by atomic mass is 9.88. The van der Waals surface area contributed by atoms with Gasteiger partial charge >= 0.3 is 0 Å². The van der Waals surface area contributed by atoms with Crippen LogP contribution in [0.25, 0.3) is 5.70 Å². The van der Waals surface area contributed by atoms with E-state index in [0.29, 0.717) is 23.8 Å². The fourth-order valence-corrected chi connectivity index (χ4v) is 4.32. The zero-order valence-electron chi connectivity index (χ0n) is 17.2. The average Bonchev–Trinajstić information content (AvgIpc) is 3.40. The molecule has 1 fully saturated rings. The molecule has 4 rings (SSSR count). The topological polar surface area (TPSA) is 63.4 Å². The van der Waals surface area contributed by atoms with E-state index in [1.807, 2.05) is 37.3 Å². The van der Waals surface area contributed by atoms with Crippen molar-refractivity contribution in [3.8, 4) is 0 Å². The zero-order valence-corrected chi connectivity index (χ0v) is 18.8. The minimum atomic E-state index is -0.0567. The van der Waals surface area contributed by atoms with Crippen LogP contribution in [0.15, 0.2) is 58.9 Å². The van der Waals surface area contributed by atoms with Gasteiger partial charge in [-0.15, -0.1) is 0 Å². The van der Waals surface area contributed by atoms with Gasteiger partial charge in [-0.3, -0.25) is 4.79 Å². The number of rotatable bonds is 7. The van der Waals surface area contributed by atoms with E-state index in [4.69, 9.17) is 9.47 Å². The maximum absolute atomic E-state index is 13.3. The summed E-state index contributed by atoms with van der Waals surface area (Å²) in [4.78, 5) is 16.5. The fourth-order valence-electron chi connectivity index (χ4n) is 4.06. The summed E-state index contributed by atoms with van der Waals surface area (Å²) in [5, 5.41) is 3.41. The molecular weight excluding hydrogens is 444 g/mol. The third-order valence-corrected chi connectivity index (χ3v) is 6.46. The summed E-state index contributed by atoms with van der Waals surface area (Å²) in [6.45, 7) is 9.03. The van der Waals surface area contributed by atoms with Crippen LogP contribution in [0.4, 0.5) is 0 Å². The summed E-state index contributed by atoms with van der Waals surface area (Å²) < 4.78 is 12.2. The van der Waals surface area contributed by atoms with Gasteiger partial charge in [0.1, 0.15) is 5.76 Å². The Kier molecular flexibility index (Phi) is 6.44. The first-order valence-corrected chi connectivity index (χ1v) is 11.1. The predicted octanol–water partition coefficient (Wildman–Crippen LogP) is 5.03. The van der Waals surface area contributed by atoms with Crippen molar-refractivity contribution in [1.29, 1.82) is 0 Å². The van der Waals surface area contributed by atoms with E-state index in [-0.39, 0.29) is 11.7 Å². The van der Waals surface area contributed by atoms with E-state index in [9.17, 15) is 4.79 Å². The Labute approximate surface area is 185 Å². The second-order valence-electron chi connectivity index (χ2n) is 7.93. The van der Waals surface area contributed by atoms with Crippen molar-refractivity contribution in [3.05, 3.63) is 75.7 Å². The molecule has 0 aliphatic carbocycles. The highest BCUT2D eigenvalue weighted by Crippen LogP contribution is 2.36. The molecule has 1 saturated heterocycles. The molecule has 0 bridgehead atoms. The van der Waals surface area contributed by atoms with Gasteiger partial charge in [0.25, 0.3) is 0 Å². The zero-order chi connectivity index (χ0) is 21.1. The minimum Gasteiger partial charge on any atom is -0.497 e. The summed E-state index contributed by atoms with van der Waals surface area (Å²) >= 11 is 3.47. The number of hydrogen-bond donors (Lipinski definition) is 2. The summed E-state index contributed by atoms with van der Waals surface area (Å²) in [5.41, 5.74) is 4.07. The highest BCUT2D eigenvalue weighted by Gasteiger charge is 2.32. The molecule has 1 atom stereocenters. The van der Waals surface area contributed by atoms with Crippen molar-refractivity contribution in [2.45, 2.75) is 25.7 Å². The third kappa shape index (κ3) is 4.55. The molecule has 0 radical (unpaired) electrons. The molecule has 3 heterocycles. The van der Waals surface area contributed by atoms with E-state index in [1.165, 1.54) is 0 Å². The summed E-state index contributed by atoms with van der Waals surface area (Å²) in [5.74, 6) is 1.24. The fraction of sp³-hybridized carbons (Fsp3) is 0.375. The molecule has 2 aliphatic rings. The molecule has 2 aliphatic heterocycles. The molecule has 30 heavy (non-hydrogen) atoms. The molecule has 1 unspecified atom stereocenters. The molecule has 0 saturated carbocycles. The Hall–Kier alpha value is -2.31. The Morgan fingerprint density at radius 3 is 2.73 bits per heavy atom. The van der Waals surface area contributed by atoms with E-state index >= 15 is 0 Å². The van der Waals surface area contributed by atoms with Crippen LogP contribution in [0.5, 0.6) is 0 Å². The highest BCUT2D eigenvalue weighted by molar-refractivity contribution is 9.10. The quantitative estimate of drug-likeness (QED) is 0.556. The Morgan fingerprint density at radius 2 is 2.00 bits per heavy atom. The number of aromatic nitrogens is 1. The smallest absolute Gasteiger partial charge is 0.194 e. The molecule has 0 spiro atoms. The Balaban J connectivity index is 1.45. The molecule has 5 nitrogen and oxygen atoms in total. The van der Waals surface area contributed by atoms with Gasteiger partial charge in [0, 0.05) is 41.6 Å². The maximum atomic E-state index is 13.3. The Bertz CT molecular complexity index is 955. The monoisotopic (exact) mass is 470 g/mol. The first-order valence-electron chi connectivity index (χ1n) is 10.4. The number of nitrogens with one attached hydrogen (secondary N) is 2. The van der Waals surface area contributed by atoms with E-state index in [2.05, 4.69) is 32.8 Å². The number of hydrogen-bond acceptors (Lipinski definition) is 4. The average molecular weight is 471 g/mol. The van der Waals surface area contributed by atoms with Crippen LogP contribution in [0.3, 0.4) is 0 Å². The van der Waals surface area contributed by atoms with Gasteiger partial charge in [0.2, 0.25) is 0 Å². The Morgan fingerprint density at radius 1 is 1.27 bits per heavy atom. The first-order chi connectivity index (χ1) is 14.5. The van der Waals surface area contributed by atoms with Gasteiger partial charge in [-0.2, -0.15) is 0 Å². The molecular formula is C24H27BrN2O3. The number of halogens is 1. The number of aromatic amines is 1. The van der Waals surface area contributed by atoms with E-state index in [0.717, 1.165) is 59.6 Å². The van der Waals surface area contributed by atoms with Gasteiger partial charge in [0.15, 0.2) is 5.78 Å². The first kappa shape index (κ1) is 20.9. The standard InChI is InChI=1S/C24H27BrN2O3/c1-15(26-12-17-7-9-29-10-8-17)22-11-19(13-27-22)24(28)23-16(2)30-14-21(23)18-3-5-20(25)6-4-18/h3-6,11,13,17,21,26-27H,1,7-10,12,14H2,2H3. The number of ketones is 1. The second-order valence-corrected chi connectivity index (χ2v) is 8.85. The van der Waals surface area contributed by atoms with E-state index in [1.54, 1.807) is 6.20 Å². The molecule has 1 aromatic heterocycles. The molecule has 0 amide bonds. The van der Waals surface area contributed by atoms with Crippen LogP contribution in [-0.2, 0) is 9.47 Å². The lowest BCUT2D eigenvalue weighted by Gasteiger charge is -2.23.